The lowest BCUT2D eigenvalue weighted by molar-refractivity contribution is 0.455. The molecule has 0 aromatic heterocycles. The third-order valence-corrected chi connectivity index (χ3v) is 0.526. The number of hydrogen-bond donors (Lipinski definition) is 0. The molecule has 0 bridgehead atoms. The summed E-state index contributed by atoms with van der Waals surface area (Å²) in [5.74, 6) is -2.76. The van der Waals surface area contributed by atoms with E-state index >= 15 is 0 Å². The van der Waals surface area contributed by atoms with E-state index in [1.54, 1.807) is 0 Å². The van der Waals surface area contributed by atoms with Crippen LogP contribution in [0.5, 0.6) is 0 Å². The topological polar surface area (TPSA) is 0 Å². The van der Waals surface area contributed by atoms with Gasteiger partial charge in [0.15, 0.2) is 5.83 Å². The summed E-state index contributed by atoms with van der Waals surface area (Å²) in [5.41, 5.74) is 0. The van der Waals surface area contributed by atoms with Crippen LogP contribution >= 0.6 is 0 Å². The van der Waals surface area contributed by atoms with Crippen LogP contribution in [0.25, 0.3) is 0 Å². The summed E-state index contributed by atoms with van der Waals surface area (Å²) in [6.45, 7) is -1.42. The van der Waals surface area contributed by atoms with Crippen LogP contribution < -0.4 is 0 Å². The van der Waals surface area contributed by atoms with Crippen LogP contribution in [0.1, 0.15) is 0 Å². The van der Waals surface area contributed by atoms with E-state index in [0.29, 0.717) is 0 Å². The van der Waals surface area contributed by atoms with Gasteiger partial charge in [0, 0.05) is 6.08 Å². The molecule has 0 aliphatic carbocycles. The van der Waals surface area contributed by atoms with Gasteiger partial charge in [0.25, 0.3) is 0 Å². The molecule has 0 nitrogen and oxygen atoms in total. The first-order chi connectivity index (χ1) is 4.20. The number of rotatable bonds is 2. The predicted octanol–water partition coefficient (Wildman–Crippen LogP) is 2.59. The van der Waals surface area contributed by atoms with Gasteiger partial charge in [-0.1, -0.05) is 0 Å². The minimum atomic E-state index is -1.43. The summed E-state index contributed by atoms with van der Waals surface area (Å²) in [7, 11) is 0. The Morgan fingerprint density at radius 3 is 2.22 bits per heavy atom. The Labute approximate surface area is 49.5 Å². The minimum Gasteiger partial charge on any atom is -0.243 e. The molecule has 0 rings (SSSR count). The van der Waals surface area contributed by atoms with Crippen molar-refractivity contribution in [2.45, 2.75) is 0 Å². The fourth-order valence-corrected chi connectivity index (χ4v) is 0.220. The van der Waals surface area contributed by atoms with Gasteiger partial charge in [-0.2, -0.15) is 0 Å². The summed E-state index contributed by atoms with van der Waals surface area (Å²) >= 11 is 0. The summed E-state index contributed by atoms with van der Waals surface area (Å²) in [6, 6.07) is 0. The van der Waals surface area contributed by atoms with Crippen molar-refractivity contribution >= 4 is 0 Å². The highest BCUT2D eigenvalue weighted by Crippen LogP contribution is 2.05. The first-order valence-electron chi connectivity index (χ1n) is 2.08. The summed E-state index contributed by atoms with van der Waals surface area (Å²) in [4.78, 5) is 0. The fraction of sp³-hybridized carbons (Fsp3) is 0.200. The predicted molar refractivity (Wildman–Crippen MR) is 25.5 cm³/mol. The number of hydrogen-bond acceptors (Lipinski definition) is 0. The highest BCUT2D eigenvalue weighted by atomic mass is 19.2. The Hall–Kier alpha value is -0.800. The highest BCUT2D eigenvalue weighted by molar-refractivity contribution is 5.11. The second-order valence-corrected chi connectivity index (χ2v) is 1.22. The molecule has 4 heteroatoms. The van der Waals surface area contributed by atoms with Gasteiger partial charge in [0.2, 0.25) is 0 Å². The number of allylic oxidation sites excluding steroid dienone is 3. The molecule has 0 unspecified atom stereocenters. The Morgan fingerprint density at radius 1 is 1.33 bits per heavy atom. The van der Waals surface area contributed by atoms with Crippen LogP contribution in [-0.2, 0) is 0 Å². The normalized spacial score (nSPS) is 14.2. The standard InChI is InChI=1S/C5H4F4/c6-2-4(8)1-5(9)3-7/h1-2H,3H2/b4-2-,5-1+. The van der Waals surface area contributed by atoms with E-state index in [2.05, 4.69) is 0 Å². The van der Waals surface area contributed by atoms with Gasteiger partial charge in [0.1, 0.15) is 18.8 Å². The van der Waals surface area contributed by atoms with E-state index in [9.17, 15) is 17.6 Å². The number of alkyl halides is 1. The van der Waals surface area contributed by atoms with Gasteiger partial charge in [-0.3, -0.25) is 0 Å². The summed E-state index contributed by atoms with van der Waals surface area (Å²) < 4.78 is 45.3. The molecule has 0 N–H and O–H groups in total. The molecule has 0 amide bonds. The quantitative estimate of drug-likeness (QED) is 0.408. The molecule has 0 saturated carbocycles. The van der Waals surface area contributed by atoms with E-state index in [-0.39, 0.29) is 6.08 Å². The van der Waals surface area contributed by atoms with Crippen molar-refractivity contribution in [1.82, 2.24) is 0 Å². The van der Waals surface area contributed by atoms with Crippen LogP contribution in [-0.4, -0.2) is 6.67 Å². The maximum atomic E-state index is 11.6. The molecular formula is C5H4F4. The third-order valence-electron chi connectivity index (χ3n) is 0.526. The fourth-order valence-electron chi connectivity index (χ4n) is 0.220. The lowest BCUT2D eigenvalue weighted by atomic mass is 10.4. The average Bonchev–Trinajstić information content (AvgIpc) is 1.87. The molecule has 0 heterocycles. The van der Waals surface area contributed by atoms with Gasteiger partial charge < -0.3 is 0 Å². The maximum Gasteiger partial charge on any atom is 0.154 e. The van der Waals surface area contributed by atoms with E-state index in [1.807, 2.05) is 0 Å². The smallest absolute Gasteiger partial charge is 0.154 e. The molecule has 9 heavy (non-hydrogen) atoms. The van der Waals surface area contributed by atoms with Gasteiger partial charge >= 0.3 is 0 Å². The van der Waals surface area contributed by atoms with Gasteiger partial charge in [-0.15, -0.1) is 0 Å². The lowest BCUT2D eigenvalue weighted by Crippen LogP contribution is -1.74. The third kappa shape index (κ3) is 3.76. The highest BCUT2D eigenvalue weighted by Gasteiger charge is 1.94. The van der Waals surface area contributed by atoms with Gasteiger partial charge in [-0.25, -0.2) is 17.6 Å². The van der Waals surface area contributed by atoms with Crippen molar-refractivity contribution in [3.63, 3.8) is 0 Å². The number of halogens is 4. The Balaban J connectivity index is 3.95. The minimum absolute atomic E-state index is 0.139. The monoisotopic (exact) mass is 140 g/mol. The Morgan fingerprint density at radius 2 is 1.89 bits per heavy atom. The maximum absolute atomic E-state index is 11.6. The van der Waals surface area contributed by atoms with Crippen LogP contribution in [0.3, 0.4) is 0 Å². The molecule has 0 aromatic carbocycles. The van der Waals surface area contributed by atoms with Crippen molar-refractivity contribution in [3.05, 3.63) is 24.1 Å². The van der Waals surface area contributed by atoms with E-state index < -0.39 is 24.7 Å². The Bertz CT molecular complexity index is 136. The lowest BCUT2D eigenvalue weighted by Gasteiger charge is -1.83. The zero-order valence-electron chi connectivity index (χ0n) is 4.37. The molecule has 52 valence electrons. The second kappa shape index (κ2) is 4.12. The molecule has 0 radical (unpaired) electrons. The van der Waals surface area contributed by atoms with Crippen molar-refractivity contribution in [3.8, 4) is 0 Å². The average molecular weight is 140 g/mol. The van der Waals surface area contributed by atoms with Crippen molar-refractivity contribution in [2.75, 3.05) is 6.67 Å². The first-order valence-corrected chi connectivity index (χ1v) is 2.08. The second-order valence-electron chi connectivity index (χ2n) is 1.22. The summed E-state index contributed by atoms with van der Waals surface area (Å²) in [6.07, 6.45) is -0.310. The zero-order valence-corrected chi connectivity index (χ0v) is 4.37. The van der Waals surface area contributed by atoms with Crippen LogP contribution in [0.4, 0.5) is 17.6 Å². The molecule has 0 saturated heterocycles. The van der Waals surface area contributed by atoms with Crippen LogP contribution in [0, 0.1) is 0 Å². The largest absolute Gasteiger partial charge is 0.243 e. The Kier molecular flexibility index (Phi) is 3.75. The molecular weight excluding hydrogens is 136 g/mol. The van der Waals surface area contributed by atoms with Gasteiger partial charge in [-0.05, 0) is 0 Å². The zero-order chi connectivity index (χ0) is 7.28. The van der Waals surface area contributed by atoms with E-state index in [4.69, 9.17) is 0 Å². The summed E-state index contributed by atoms with van der Waals surface area (Å²) in [5, 5.41) is 0. The van der Waals surface area contributed by atoms with Crippen molar-refractivity contribution in [1.29, 1.82) is 0 Å². The molecule has 0 fully saturated rings. The molecule has 0 aliphatic heterocycles. The van der Waals surface area contributed by atoms with Crippen LogP contribution in [0.15, 0.2) is 24.1 Å². The molecule has 0 aromatic rings. The SMILES string of the molecule is F/C=C(F)/C=C(/F)CF. The van der Waals surface area contributed by atoms with E-state index in [0.717, 1.165) is 0 Å². The molecule has 0 aliphatic rings. The van der Waals surface area contributed by atoms with Crippen molar-refractivity contribution < 1.29 is 17.6 Å². The molecule has 0 spiro atoms. The first kappa shape index (κ1) is 8.20. The van der Waals surface area contributed by atoms with Gasteiger partial charge in [0.05, 0.1) is 0 Å². The van der Waals surface area contributed by atoms with Crippen LogP contribution in [0.2, 0.25) is 0 Å². The van der Waals surface area contributed by atoms with Crippen molar-refractivity contribution in [2.24, 2.45) is 0 Å². The van der Waals surface area contributed by atoms with E-state index in [1.165, 1.54) is 0 Å². The molecule has 0 atom stereocenters.